The van der Waals surface area contributed by atoms with Gasteiger partial charge in [0.15, 0.2) is 11.5 Å². The molecule has 4 heteroatoms. The van der Waals surface area contributed by atoms with Crippen LogP contribution in [0.25, 0.3) is 0 Å². The number of rotatable bonds is 3. The summed E-state index contributed by atoms with van der Waals surface area (Å²) < 4.78 is 22.4. The topological polar surface area (TPSA) is 42.2 Å². The molecular weight excluding hydrogens is 185 g/mol. The second-order valence-corrected chi connectivity index (χ2v) is 2.61. The highest BCUT2D eigenvalue weighted by atomic mass is 19.1. The van der Waals surface area contributed by atoms with Crippen molar-refractivity contribution in [1.82, 2.24) is 0 Å². The number of nitriles is 1. The van der Waals surface area contributed by atoms with Gasteiger partial charge in [0.05, 0.1) is 25.9 Å². The van der Waals surface area contributed by atoms with Gasteiger partial charge in [-0.2, -0.15) is 5.26 Å². The van der Waals surface area contributed by atoms with Crippen molar-refractivity contribution in [3.8, 4) is 17.6 Å². The van der Waals surface area contributed by atoms with E-state index in [1.165, 1.54) is 26.4 Å². The number of halogens is 1. The summed E-state index contributed by atoms with van der Waals surface area (Å²) >= 11 is 0. The first-order valence-electron chi connectivity index (χ1n) is 3.97. The Hall–Kier alpha value is -1.76. The van der Waals surface area contributed by atoms with E-state index < -0.39 is 6.67 Å². The van der Waals surface area contributed by atoms with E-state index in [4.69, 9.17) is 14.7 Å². The Morgan fingerprint density at radius 2 is 1.86 bits per heavy atom. The Bertz CT molecular complexity index is 371. The molecule has 0 bridgehead atoms. The fourth-order valence-electron chi connectivity index (χ4n) is 1.14. The van der Waals surface area contributed by atoms with Crippen molar-refractivity contribution in [2.24, 2.45) is 0 Å². The normalized spacial score (nSPS) is 9.29. The average Bonchev–Trinajstić information content (AvgIpc) is 2.26. The summed E-state index contributed by atoms with van der Waals surface area (Å²) in [6.07, 6.45) is 0. The predicted molar refractivity (Wildman–Crippen MR) is 49.1 cm³/mol. The zero-order valence-corrected chi connectivity index (χ0v) is 8.00. The molecule has 74 valence electrons. The predicted octanol–water partition coefficient (Wildman–Crippen LogP) is 2.04. The van der Waals surface area contributed by atoms with Crippen LogP contribution in [0.4, 0.5) is 4.39 Å². The maximum Gasteiger partial charge on any atom is 0.162 e. The Balaban J connectivity index is 3.30. The summed E-state index contributed by atoms with van der Waals surface area (Å²) in [5.74, 6) is 0.861. The van der Waals surface area contributed by atoms with Crippen molar-refractivity contribution >= 4 is 0 Å². The molecule has 0 aliphatic rings. The van der Waals surface area contributed by atoms with Gasteiger partial charge in [0.1, 0.15) is 6.67 Å². The lowest BCUT2D eigenvalue weighted by atomic mass is 10.1. The van der Waals surface area contributed by atoms with E-state index in [-0.39, 0.29) is 5.56 Å². The fraction of sp³-hybridized carbons (Fsp3) is 0.300. The summed E-state index contributed by atoms with van der Waals surface area (Å²) in [5, 5.41) is 8.72. The molecule has 0 saturated heterocycles. The quantitative estimate of drug-likeness (QED) is 0.741. The van der Waals surface area contributed by atoms with E-state index in [0.29, 0.717) is 17.1 Å². The first-order chi connectivity index (χ1) is 6.76. The first kappa shape index (κ1) is 10.3. The van der Waals surface area contributed by atoms with Gasteiger partial charge in [-0.1, -0.05) is 0 Å². The molecule has 3 nitrogen and oxygen atoms in total. The van der Waals surface area contributed by atoms with Crippen molar-refractivity contribution in [2.75, 3.05) is 14.2 Å². The maximum atomic E-state index is 12.5. The summed E-state index contributed by atoms with van der Waals surface area (Å²) in [5.41, 5.74) is 0.579. The van der Waals surface area contributed by atoms with Crippen LogP contribution in [0.3, 0.4) is 0 Å². The van der Waals surface area contributed by atoms with Gasteiger partial charge in [-0.3, -0.25) is 0 Å². The van der Waals surface area contributed by atoms with Gasteiger partial charge in [0, 0.05) is 11.6 Å². The van der Waals surface area contributed by atoms with Gasteiger partial charge in [-0.25, -0.2) is 4.39 Å². The highest BCUT2D eigenvalue weighted by Crippen LogP contribution is 2.30. The minimum atomic E-state index is -0.691. The Morgan fingerprint density at radius 3 is 2.29 bits per heavy atom. The van der Waals surface area contributed by atoms with Crippen molar-refractivity contribution in [2.45, 2.75) is 6.67 Å². The first-order valence-corrected chi connectivity index (χ1v) is 3.97. The summed E-state index contributed by atoms with van der Waals surface area (Å²) in [6, 6.07) is 4.83. The minimum Gasteiger partial charge on any atom is -0.493 e. The van der Waals surface area contributed by atoms with E-state index in [0.717, 1.165) is 0 Å². The number of alkyl halides is 1. The Kier molecular flexibility index (Phi) is 3.29. The SMILES string of the molecule is COc1cc(C#N)c(CF)cc1OC. The smallest absolute Gasteiger partial charge is 0.162 e. The van der Waals surface area contributed by atoms with Crippen LogP contribution in [0.15, 0.2) is 12.1 Å². The molecule has 14 heavy (non-hydrogen) atoms. The Labute approximate surface area is 81.7 Å². The van der Waals surface area contributed by atoms with Crippen LogP contribution in [0, 0.1) is 11.3 Å². The lowest BCUT2D eigenvalue weighted by Gasteiger charge is -2.09. The van der Waals surface area contributed by atoms with Gasteiger partial charge in [-0.05, 0) is 6.07 Å². The third-order valence-corrected chi connectivity index (χ3v) is 1.87. The Morgan fingerprint density at radius 1 is 1.29 bits per heavy atom. The molecule has 0 spiro atoms. The highest BCUT2D eigenvalue weighted by molar-refractivity contribution is 5.51. The maximum absolute atomic E-state index is 12.5. The van der Waals surface area contributed by atoms with E-state index in [1.54, 1.807) is 0 Å². The standard InChI is InChI=1S/C10H10FNO2/c1-13-9-3-7(5-11)8(6-12)4-10(9)14-2/h3-4H,5H2,1-2H3. The lowest BCUT2D eigenvalue weighted by Crippen LogP contribution is -1.95. The molecule has 0 aliphatic carbocycles. The van der Waals surface area contributed by atoms with Gasteiger partial charge >= 0.3 is 0 Å². The lowest BCUT2D eigenvalue weighted by molar-refractivity contribution is 0.353. The van der Waals surface area contributed by atoms with E-state index in [2.05, 4.69) is 0 Å². The number of hydrogen-bond donors (Lipinski definition) is 0. The number of nitrogens with zero attached hydrogens (tertiary/aromatic N) is 1. The number of methoxy groups -OCH3 is 2. The largest absolute Gasteiger partial charge is 0.493 e. The van der Waals surface area contributed by atoms with Crippen molar-refractivity contribution < 1.29 is 13.9 Å². The molecule has 0 aromatic heterocycles. The van der Waals surface area contributed by atoms with E-state index in [1.807, 2.05) is 6.07 Å². The molecule has 0 atom stereocenters. The van der Waals surface area contributed by atoms with Crippen LogP contribution >= 0.6 is 0 Å². The zero-order valence-electron chi connectivity index (χ0n) is 8.00. The highest BCUT2D eigenvalue weighted by Gasteiger charge is 2.10. The monoisotopic (exact) mass is 195 g/mol. The third-order valence-electron chi connectivity index (χ3n) is 1.87. The fourth-order valence-corrected chi connectivity index (χ4v) is 1.14. The van der Waals surface area contributed by atoms with Crippen LogP contribution in [0.2, 0.25) is 0 Å². The van der Waals surface area contributed by atoms with Crippen LogP contribution in [-0.4, -0.2) is 14.2 Å². The number of ether oxygens (including phenoxy) is 2. The summed E-state index contributed by atoms with van der Waals surface area (Å²) in [6.45, 7) is -0.691. The molecule has 0 aliphatic heterocycles. The van der Waals surface area contributed by atoms with Crippen LogP contribution < -0.4 is 9.47 Å². The molecule has 0 unspecified atom stereocenters. The summed E-state index contributed by atoms with van der Waals surface area (Å²) in [7, 11) is 2.93. The molecular formula is C10H10FNO2. The van der Waals surface area contributed by atoms with Gasteiger partial charge in [-0.15, -0.1) is 0 Å². The van der Waals surface area contributed by atoms with Crippen molar-refractivity contribution in [3.05, 3.63) is 23.3 Å². The van der Waals surface area contributed by atoms with Gasteiger partial charge in [0.25, 0.3) is 0 Å². The molecule has 0 radical (unpaired) electrons. The van der Waals surface area contributed by atoms with Gasteiger partial charge in [0.2, 0.25) is 0 Å². The molecule has 0 amide bonds. The van der Waals surface area contributed by atoms with Crippen LogP contribution in [0.1, 0.15) is 11.1 Å². The molecule has 0 heterocycles. The second kappa shape index (κ2) is 4.47. The number of hydrogen-bond acceptors (Lipinski definition) is 3. The number of benzene rings is 1. The minimum absolute atomic E-state index is 0.269. The van der Waals surface area contributed by atoms with E-state index in [9.17, 15) is 4.39 Å². The third kappa shape index (κ3) is 1.77. The van der Waals surface area contributed by atoms with Crippen molar-refractivity contribution in [3.63, 3.8) is 0 Å². The molecule has 1 rings (SSSR count). The average molecular weight is 195 g/mol. The molecule has 1 aromatic rings. The summed E-state index contributed by atoms with van der Waals surface area (Å²) in [4.78, 5) is 0. The van der Waals surface area contributed by atoms with Gasteiger partial charge < -0.3 is 9.47 Å². The zero-order chi connectivity index (χ0) is 10.6. The molecule has 0 saturated carbocycles. The molecule has 1 aromatic carbocycles. The van der Waals surface area contributed by atoms with Crippen molar-refractivity contribution in [1.29, 1.82) is 5.26 Å². The second-order valence-electron chi connectivity index (χ2n) is 2.61. The molecule has 0 fully saturated rings. The van der Waals surface area contributed by atoms with Crippen LogP contribution in [0.5, 0.6) is 11.5 Å². The van der Waals surface area contributed by atoms with E-state index >= 15 is 0 Å². The molecule has 0 N–H and O–H groups in total. The van der Waals surface area contributed by atoms with Crippen LogP contribution in [-0.2, 0) is 6.67 Å².